The second kappa shape index (κ2) is 3.78. The molecule has 1 aromatic heterocycles. The predicted octanol–water partition coefficient (Wildman–Crippen LogP) is 3.86. The zero-order valence-electron chi connectivity index (χ0n) is 11.8. The topological polar surface area (TPSA) is 43.8 Å². The van der Waals surface area contributed by atoms with Crippen LogP contribution >= 0.6 is 0 Å². The van der Waals surface area contributed by atoms with E-state index in [4.69, 9.17) is 10.7 Å². The van der Waals surface area contributed by atoms with Crippen LogP contribution in [0.1, 0.15) is 56.3 Å². The number of fused-ring (bicyclic) bond motifs is 1. The fraction of sp³-hybridized carbons (Fsp3) is 0.588. The normalized spacial score (nSPS) is 22.9. The van der Waals surface area contributed by atoms with Crippen LogP contribution in [0.5, 0.6) is 0 Å². The monoisotopic (exact) mass is 267 g/mol. The molecule has 3 saturated carbocycles. The van der Waals surface area contributed by atoms with Crippen molar-refractivity contribution in [3.05, 3.63) is 24.0 Å². The molecule has 0 aliphatic heterocycles. The number of nitrogen functional groups attached to an aromatic ring is 1. The molecule has 0 bridgehead atoms. The molecule has 1 heterocycles. The Bertz CT molecular complexity index is 663. The van der Waals surface area contributed by atoms with Crippen molar-refractivity contribution in [2.24, 2.45) is 11.8 Å². The molecular weight excluding hydrogens is 246 g/mol. The Morgan fingerprint density at radius 2 is 1.75 bits per heavy atom. The van der Waals surface area contributed by atoms with Gasteiger partial charge >= 0.3 is 0 Å². The van der Waals surface area contributed by atoms with Gasteiger partial charge in [-0.3, -0.25) is 0 Å². The van der Waals surface area contributed by atoms with E-state index in [1.165, 1.54) is 49.9 Å². The van der Waals surface area contributed by atoms with E-state index in [1.54, 1.807) is 0 Å². The SMILES string of the molecule is Nc1ccc2c(c1)nc(C1CC1)n2C(C1CC1)C1CC1. The van der Waals surface area contributed by atoms with Crippen LogP contribution in [0.25, 0.3) is 11.0 Å². The molecule has 0 radical (unpaired) electrons. The Morgan fingerprint density at radius 1 is 1.05 bits per heavy atom. The first-order valence-electron chi connectivity index (χ1n) is 8.08. The molecule has 5 rings (SSSR count). The standard InChI is InChI=1S/C17H21N3/c18-13-7-8-15-14(9-13)19-17(12-5-6-12)20(15)16(10-1-2-10)11-3-4-11/h7-12,16H,1-6,18H2. The first-order chi connectivity index (χ1) is 9.81. The van der Waals surface area contributed by atoms with Gasteiger partial charge in [-0.05, 0) is 68.6 Å². The van der Waals surface area contributed by atoms with Crippen molar-refractivity contribution < 1.29 is 0 Å². The van der Waals surface area contributed by atoms with Crippen molar-refractivity contribution in [1.82, 2.24) is 9.55 Å². The van der Waals surface area contributed by atoms with Crippen LogP contribution in [-0.4, -0.2) is 9.55 Å². The van der Waals surface area contributed by atoms with Crippen LogP contribution < -0.4 is 5.73 Å². The van der Waals surface area contributed by atoms with Crippen LogP contribution in [-0.2, 0) is 0 Å². The van der Waals surface area contributed by atoms with Crippen molar-refractivity contribution in [3.63, 3.8) is 0 Å². The second-order valence-corrected chi connectivity index (χ2v) is 7.03. The van der Waals surface area contributed by atoms with Crippen molar-refractivity contribution in [2.45, 2.75) is 50.5 Å². The average Bonchev–Trinajstić information content (AvgIpc) is 3.29. The third kappa shape index (κ3) is 1.68. The number of hydrogen-bond donors (Lipinski definition) is 1. The molecule has 0 unspecified atom stereocenters. The molecule has 0 saturated heterocycles. The van der Waals surface area contributed by atoms with Crippen LogP contribution in [0.4, 0.5) is 5.69 Å². The Morgan fingerprint density at radius 3 is 2.35 bits per heavy atom. The van der Waals surface area contributed by atoms with Crippen LogP contribution in [0, 0.1) is 11.8 Å². The predicted molar refractivity (Wildman–Crippen MR) is 80.6 cm³/mol. The van der Waals surface area contributed by atoms with E-state index >= 15 is 0 Å². The molecule has 0 spiro atoms. The van der Waals surface area contributed by atoms with E-state index in [1.807, 2.05) is 6.07 Å². The van der Waals surface area contributed by atoms with E-state index in [2.05, 4.69) is 16.7 Å². The average molecular weight is 267 g/mol. The lowest BCUT2D eigenvalue weighted by Crippen LogP contribution is -2.16. The zero-order valence-corrected chi connectivity index (χ0v) is 11.8. The molecule has 0 atom stereocenters. The molecule has 1 aromatic carbocycles. The summed E-state index contributed by atoms with van der Waals surface area (Å²) >= 11 is 0. The second-order valence-electron chi connectivity index (χ2n) is 7.03. The number of imidazole rings is 1. The molecule has 3 fully saturated rings. The lowest BCUT2D eigenvalue weighted by Gasteiger charge is -2.21. The number of nitrogens with two attached hydrogens (primary N) is 1. The van der Waals surface area contributed by atoms with E-state index in [-0.39, 0.29) is 0 Å². The van der Waals surface area contributed by atoms with Crippen LogP contribution in [0.15, 0.2) is 18.2 Å². The lowest BCUT2D eigenvalue weighted by molar-refractivity contribution is 0.392. The Balaban J connectivity index is 1.72. The minimum Gasteiger partial charge on any atom is -0.399 e. The summed E-state index contributed by atoms with van der Waals surface area (Å²) in [6, 6.07) is 7.00. The zero-order chi connectivity index (χ0) is 13.3. The molecular formula is C17H21N3. The summed E-state index contributed by atoms with van der Waals surface area (Å²) in [7, 11) is 0. The number of rotatable bonds is 4. The largest absolute Gasteiger partial charge is 0.399 e. The number of aromatic nitrogens is 2. The Hall–Kier alpha value is -1.51. The van der Waals surface area contributed by atoms with Gasteiger partial charge in [0.25, 0.3) is 0 Å². The van der Waals surface area contributed by atoms with Gasteiger partial charge in [0.05, 0.1) is 11.0 Å². The third-order valence-electron chi connectivity index (χ3n) is 5.19. The van der Waals surface area contributed by atoms with Gasteiger partial charge in [0.1, 0.15) is 5.82 Å². The number of anilines is 1. The highest BCUT2D eigenvalue weighted by atomic mass is 15.1. The van der Waals surface area contributed by atoms with Gasteiger partial charge in [-0.2, -0.15) is 0 Å². The van der Waals surface area contributed by atoms with Gasteiger partial charge in [0.2, 0.25) is 0 Å². The maximum atomic E-state index is 5.95. The molecule has 3 aliphatic rings. The Kier molecular flexibility index (Phi) is 2.11. The van der Waals surface area contributed by atoms with E-state index in [0.29, 0.717) is 5.92 Å². The summed E-state index contributed by atoms with van der Waals surface area (Å²) in [5.41, 5.74) is 9.21. The molecule has 3 nitrogen and oxygen atoms in total. The van der Waals surface area contributed by atoms with Gasteiger partial charge in [-0.1, -0.05) is 0 Å². The summed E-state index contributed by atoms with van der Waals surface area (Å²) in [6.45, 7) is 0. The number of nitrogens with zero attached hydrogens (tertiary/aromatic N) is 2. The van der Waals surface area contributed by atoms with Gasteiger partial charge in [-0.15, -0.1) is 0 Å². The van der Waals surface area contributed by atoms with Crippen LogP contribution in [0.2, 0.25) is 0 Å². The third-order valence-corrected chi connectivity index (χ3v) is 5.19. The lowest BCUT2D eigenvalue weighted by atomic mass is 10.1. The quantitative estimate of drug-likeness (QED) is 0.855. The summed E-state index contributed by atoms with van der Waals surface area (Å²) in [4.78, 5) is 4.96. The summed E-state index contributed by atoms with van der Waals surface area (Å²) in [5.74, 6) is 3.89. The number of hydrogen-bond acceptors (Lipinski definition) is 2. The smallest absolute Gasteiger partial charge is 0.113 e. The minimum atomic E-state index is 0.712. The number of benzene rings is 1. The Labute approximate surface area is 119 Å². The maximum absolute atomic E-state index is 5.95. The van der Waals surface area contributed by atoms with E-state index in [9.17, 15) is 0 Å². The maximum Gasteiger partial charge on any atom is 0.113 e. The van der Waals surface area contributed by atoms with Gasteiger partial charge in [0, 0.05) is 17.6 Å². The highest BCUT2D eigenvalue weighted by Crippen LogP contribution is 2.54. The van der Waals surface area contributed by atoms with Crippen molar-refractivity contribution >= 4 is 16.7 Å². The summed E-state index contributed by atoms with van der Waals surface area (Å²) < 4.78 is 2.63. The van der Waals surface area contributed by atoms with E-state index < -0.39 is 0 Å². The fourth-order valence-electron chi connectivity index (χ4n) is 3.76. The van der Waals surface area contributed by atoms with Crippen molar-refractivity contribution in [2.75, 3.05) is 5.73 Å². The molecule has 3 heteroatoms. The summed E-state index contributed by atoms with van der Waals surface area (Å²) in [5, 5.41) is 0. The van der Waals surface area contributed by atoms with E-state index in [0.717, 1.165) is 29.1 Å². The minimum absolute atomic E-state index is 0.712. The molecule has 0 amide bonds. The fourth-order valence-corrected chi connectivity index (χ4v) is 3.76. The van der Waals surface area contributed by atoms with Gasteiger partial charge in [-0.25, -0.2) is 4.98 Å². The molecule has 2 aromatic rings. The molecule has 20 heavy (non-hydrogen) atoms. The highest BCUT2D eigenvalue weighted by molar-refractivity contribution is 5.80. The highest BCUT2D eigenvalue weighted by Gasteiger charge is 2.45. The van der Waals surface area contributed by atoms with Gasteiger partial charge in [0.15, 0.2) is 0 Å². The first-order valence-corrected chi connectivity index (χ1v) is 8.08. The van der Waals surface area contributed by atoms with Crippen molar-refractivity contribution in [1.29, 1.82) is 0 Å². The van der Waals surface area contributed by atoms with Gasteiger partial charge < -0.3 is 10.3 Å². The van der Waals surface area contributed by atoms with Crippen molar-refractivity contribution in [3.8, 4) is 0 Å². The molecule has 104 valence electrons. The van der Waals surface area contributed by atoms with Crippen LogP contribution in [0.3, 0.4) is 0 Å². The molecule has 2 N–H and O–H groups in total. The molecule has 3 aliphatic carbocycles. The summed E-state index contributed by atoms with van der Waals surface area (Å²) in [6.07, 6.45) is 8.31. The first kappa shape index (κ1) is 11.2.